The second kappa shape index (κ2) is 11.4. The zero-order chi connectivity index (χ0) is 24.6. The van der Waals surface area contributed by atoms with Crippen molar-refractivity contribution < 1.29 is 38.4 Å². The molecule has 180 valence electrons. The zero-order valence-electron chi connectivity index (χ0n) is 18.7. The van der Waals surface area contributed by atoms with Crippen molar-refractivity contribution >= 4 is 17.9 Å². The molecular formula is C27H24O8. The molecule has 1 unspecified atom stereocenters. The van der Waals surface area contributed by atoms with Gasteiger partial charge in [0.05, 0.1) is 23.3 Å². The van der Waals surface area contributed by atoms with Gasteiger partial charge in [0.1, 0.15) is 18.8 Å². The number of benzene rings is 3. The summed E-state index contributed by atoms with van der Waals surface area (Å²) in [5.74, 6) is -1.93. The normalized spacial score (nSPS) is 21.2. The van der Waals surface area contributed by atoms with Crippen LogP contribution in [0.3, 0.4) is 0 Å². The van der Waals surface area contributed by atoms with Crippen molar-refractivity contribution in [3.05, 3.63) is 108 Å². The van der Waals surface area contributed by atoms with Gasteiger partial charge in [0.15, 0.2) is 12.2 Å². The molecule has 0 radical (unpaired) electrons. The molecule has 0 amide bonds. The standard InChI is InChI=1S/C27H24O8/c28-16-21-23(34-26(30)19-12-6-2-7-13-19)24(35-27(31)20-14-8-3-9-15-20)22(33-21)17-32-25(29)18-10-4-1-5-11-18/h1-15,21-24,28H,16-17H2/t21?,22-,23-,24+/m0/s1. The van der Waals surface area contributed by atoms with Gasteiger partial charge in [0, 0.05) is 0 Å². The molecule has 1 aliphatic rings. The molecule has 1 fully saturated rings. The Morgan fingerprint density at radius 2 is 1.03 bits per heavy atom. The van der Waals surface area contributed by atoms with E-state index >= 15 is 0 Å². The lowest BCUT2D eigenvalue weighted by atomic mass is 10.1. The molecule has 4 rings (SSSR count). The molecule has 1 N–H and O–H groups in total. The van der Waals surface area contributed by atoms with Crippen LogP contribution in [0.25, 0.3) is 0 Å². The quantitative estimate of drug-likeness (QED) is 0.390. The lowest BCUT2D eigenvalue weighted by molar-refractivity contribution is -0.0507. The van der Waals surface area contributed by atoms with Crippen molar-refractivity contribution in [1.82, 2.24) is 0 Å². The zero-order valence-corrected chi connectivity index (χ0v) is 18.7. The van der Waals surface area contributed by atoms with E-state index in [0.717, 1.165) is 0 Å². The topological polar surface area (TPSA) is 108 Å². The Labute approximate surface area is 202 Å². The summed E-state index contributed by atoms with van der Waals surface area (Å²) < 4.78 is 22.5. The van der Waals surface area contributed by atoms with E-state index in [1.54, 1.807) is 91.0 Å². The molecule has 1 aliphatic heterocycles. The number of carbonyl (C=O) groups is 3. The van der Waals surface area contributed by atoms with Crippen molar-refractivity contribution in [2.24, 2.45) is 0 Å². The highest BCUT2D eigenvalue weighted by Gasteiger charge is 2.50. The number of aliphatic hydroxyl groups is 1. The number of ether oxygens (including phenoxy) is 4. The predicted molar refractivity (Wildman–Crippen MR) is 124 cm³/mol. The highest BCUT2D eigenvalue weighted by atomic mass is 16.7. The summed E-state index contributed by atoms with van der Waals surface area (Å²) in [7, 11) is 0. The number of carbonyl (C=O) groups excluding carboxylic acids is 3. The SMILES string of the molecule is O=C(OC[C@@H]1OC(CO)[C@H](OC(=O)c2ccccc2)[C@@H]1OC(=O)c1ccccc1)c1ccccc1. The van der Waals surface area contributed by atoms with Crippen molar-refractivity contribution in [1.29, 1.82) is 0 Å². The monoisotopic (exact) mass is 476 g/mol. The molecule has 0 saturated carbocycles. The van der Waals surface area contributed by atoms with E-state index in [1.807, 2.05) is 0 Å². The van der Waals surface area contributed by atoms with Gasteiger partial charge in [-0.3, -0.25) is 0 Å². The van der Waals surface area contributed by atoms with Gasteiger partial charge >= 0.3 is 17.9 Å². The third-order valence-electron chi connectivity index (χ3n) is 5.48. The van der Waals surface area contributed by atoms with Crippen LogP contribution in [0.4, 0.5) is 0 Å². The van der Waals surface area contributed by atoms with E-state index < -0.39 is 48.9 Å². The first kappa shape index (κ1) is 24.1. The molecule has 1 saturated heterocycles. The van der Waals surface area contributed by atoms with E-state index in [2.05, 4.69) is 0 Å². The first-order valence-electron chi connectivity index (χ1n) is 11.1. The summed E-state index contributed by atoms with van der Waals surface area (Å²) >= 11 is 0. The fourth-order valence-electron chi connectivity index (χ4n) is 3.72. The summed E-state index contributed by atoms with van der Waals surface area (Å²) in [5, 5.41) is 9.90. The van der Waals surface area contributed by atoms with Crippen LogP contribution in [0.1, 0.15) is 31.1 Å². The van der Waals surface area contributed by atoms with E-state index in [1.165, 1.54) is 0 Å². The van der Waals surface area contributed by atoms with Crippen LogP contribution in [0, 0.1) is 0 Å². The molecule has 3 aromatic rings. The molecule has 1 heterocycles. The molecule has 0 bridgehead atoms. The Morgan fingerprint density at radius 3 is 1.46 bits per heavy atom. The third-order valence-corrected chi connectivity index (χ3v) is 5.48. The maximum Gasteiger partial charge on any atom is 0.338 e. The van der Waals surface area contributed by atoms with E-state index in [-0.39, 0.29) is 17.7 Å². The van der Waals surface area contributed by atoms with Crippen molar-refractivity contribution in [3.8, 4) is 0 Å². The minimum Gasteiger partial charge on any atom is -0.459 e. The Kier molecular flexibility index (Phi) is 7.87. The molecular weight excluding hydrogens is 452 g/mol. The minimum atomic E-state index is -1.13. The maximum absolute atomic E-state index is 12.8. The minimum absolute atomic E-state index is 0.281. The van der Waals surface area contributed by atoms with Gasteiger partial charge in [-0.05, 0) is 36.4 Å². The smallest absolute Gasteiger partial charge is 0.338 e. The fourth-order valence-corrected chi connectivity index (χ4v) is 3.72. The number of rotatable bonds is 8. The highest BCUT2D eigenvalue weighted by molar-refractivity contribution is 5.91. The lowest BCUT2D eigenvalue weighted by Crippen LogP contribution is -2.42. The van der Waals surface area contributed by atoms with Crippen LogP contribution in [-0.2, 0) is 18.9 Å². The van der Waals surface area contributed by atoms with Gasteiger partial charge < -0.3 is 24.1 Å². The van der Waals surface area contributed by atoms with Gasteiger partial charge in [0.25, 0.3) is 0 Å². The van der Waals surface area contributed by atoms with Crippen LogP contribution in [0.5, 0.6) is 0 Å². The maximum atomic E-state index is 12.8. The average Bonchev–Trinajstić information content (AvgIpc) is 3.24. The van der Waals surface area contributed by atoms with Gasteiger partial charge in [-0.25, -0.2) is 14.4 Å². The molecule has 8 heteroatoms. The van der Waals surface area contributed by atoms with E-state index in [9.17, 15) is 19.5 Å². The summed E-state index contributed by atoms with van der Waals surface area (Å²) in [4.78, 5) is 38.0. The molecule has 0 spiro atoms. The second-order valence-electron chi connectivity index (χ2n) is 7.83. The summed E-state index contributed by atoms with van der Waals surface area (Å²) in [5.41, 5.74) is 0.915. The van der Waals surface area contributed by atoms with Gasteiger partial charge in [0.2, 0.25) is 0 Å². The molecule has 8 nitrogen and oxygen atoms in total. The Morgan fingerprint density at radius 1 is 0.629 bits per heavy atom. The van der Waals surface area contributed by atoms with Crippen molar-refractivity contribution in [3.63, 3.8) is 0 Å². The number of hydrogen-bond acceptors (Lipinski definition) is 8. The number of esters is 3. The highest BCUT2D eigenvalue weighted by Crippen LogP contribution is 2.29. The molecule has 0 aliphatic carbocycles. The van der Waals surface area contributed by atoms with Gasteiger partial charge in [-0.2, -0.15) is 0 Å². The van der Waals surface area contributed by atoms with Crippen LogP contribution in [0.15, 0.2) is 91.0 Å². The predicted octanol–water partition coefficient (Wildman–Crippen LogP) is 3.05. The van der Waals surface area contributed by atoms with Gasteiger partial charge in [-0.15, -0.1) is 0 Å². The fraction of sp³-hybridized carbons (Fsp3) is 0.222. The van der Waals surface area contributed by atoms with Crippen molar-refractivity contribution in [2.45, 2.75) is 24.4 Å². The largest absolute Gasteiger partial charge is 0.459 e. The average molecular weight is 476 g/mol. The Balaban J connectivity index is 1.54. The van der Waals surface area contributed by atoms with Crippen LogP contribution >= 0.6 is 0 Å². The first-order valence-corrected chi connectivity index (χ1v) is 11.1. The summed E-state index contributed by atoms with van der Waals surface area (Å²) in [6.45, 7) is -0.786. The third kappa shape index (κ3) is 5.92. The molecule has 0 aromatic heterocycles. The molecule has 3 aromatic carbocycles. The van der Waals surface area contributed by atoms with Crippen LogP contribution in [-0.4, -0.2) is 60.6 Å². The first-order chi connectivity index (χ1) is 17.1. The molecule has 35 heavy (non-hydrogen) atoms. The Bertz CT molecular complexity index is 1130. The van der Waals surface area contributed by atoms with E-state index in [0.29, 0.717) is 5.56 Å². The summed E-state index contributed by atoms with van der Waals surface area (Å²) in [6, 6.07) is 25.0. The number of hydrogen-bond donors (Lipinski definition) is 1. The Hall–Kier alpha value is -4.01. The summed E-state index contributed by atoms with van der Waals surface area (Å²) in [6.07, 6.45) is -4.21. The number of aliphatic hydroxyl groups excluding tert-OH is 1. The van der Waals surface area contributed by atoms with Crippen molar-refractivity contribution in [2.75, 3.05) is 13.2 Å². The molecule has 4 atom stereocenters. The lowest BCUT2D eigenvalue weighted by Gasteiger charge is -2.24. The second-order valence-corrected chi connectivity index (χ2v) is 7.83. The van der Waals surface area contributed by atoms with Crippen LogP contribution in [0.2, 0.25) is 0 Å². The van der Waals surface area contributed by atoms with Gasteiger partial charge in [-0.1, -0.05) is 54.6 Å². The van der Waals surface area contributed by atoms with E-state index in [4.69, 9.17) is 18.9 Å². The van der Waals surface area contributed by atoms with Crippen LogP contribution < -0.4 is 0 Å².